The average molecular weight is 403 g/mol. The molecule has 27 heavy (non-hydrogen) atoms. The van der Waals surface area contributed by atoms with Gasteiger partial charge in [0.15, 0.2) is 0 Å². The summed E-state index contributed by atoms with van der Waals surface area (Å²) in [6.45, 7) is 5.96. The lowest BCUT2D eigenvalue weighted by Crippen LogP contribution is -2.32. The van der Waals surface area contributed by atoms with E-state index in [1.165, 1.54) is 37.1 Å². The summed E-state index contributed by atoms with van der Waals surface area (Å²) in [5.41, 5.74) is 2.53. The highest BCUT2D eigenvalue weighted by atomic mass is 35.5. The van der Waals surface area contributed by atoms with E-state index in [1.54, 1.807) is 11.8 Å². The van der Waals surface area contributed by atoms with Crippen LogP contribution >= 0.6 is 23.4 Å². The lowest BCUT2D eigenvalue weighted by molar-refractivity contribution is -0.120. The van der Waals surface area contributed by atoms with E-state index in [9.17, 15) is 4.79 Å². The van der Waals surface area contributed by atoms with Crippen molar-refractivity contribution >= 4 is 29.3 Å². The van der Waals surface area contributed by atoms with Gasteiger partial charge in [-0.25, -0.2) is 0 Å². The van der Waals surface area contributed by atoms with Crippen molar-refractivity contribution in [3.05, 3.63) is 64.7 Å². The Morgan fingerprint density at radius 1 is 1.11 bits per heavy atom. The number of likely N-dealkylation sites (tertiary alicyclic amines) is 1. The quantitative estimate of drug-likeness (QED) is 0.621. The minimum absolute atomic E-state index is 0.0911. The van der Waals surface area contributed by atoms with Crippen LogP contribution < -0.4 is 5.32 Å². The molecule has 2 aromatic rings. The number of hydrogen-bond donors (Lipinski definition) is 1. The van der Waals surface area contributed by atoms with Crippen molar-refractivity contribution in [2.75, 3.05) is 13.1 Å². The lowest BCUT2D eigenvalue weighted by atomic mass is 10.1. The topological polar surface area (TPSA) is 32.3 Å². The summed E-state index contributed by atoms with van der Waals surface area (Å²) in [7, 11) is 0. The SMILES string of the molecule is CCC(Sc1ccc(Cl)cc1)C(=O)NCc1ccccc1CN1CCCC1. The molecule has 1 N–H and O–H groups in total. The Morgan fingerprint density at radius 3 is 2.44 bits per heavy atom. The zero-order valence-electron chi connectivity index (χ0n) is 15.8. The molecule has 5 heteroatoms. The summed E-state index contributed by atoms with van der Waals surface area (Å²) in [5.74, 6) is 0.0911. The zero-order valence-corrected chi connectivity index (χ0v) is 17.4. The van der Waals surface area contributed by atoms with E-state index >= 15 is 0 Å². The molecule has 0 aliphatic carbocycles. The van der Waals surface area contributed by atoms with Crippen LogP contribution in [0.5, 0.6) is 0 Å². The number of hydrogen-bond acceptors (Lipinski definition) is 3. The number of carbonyl (C=O) groups is 1. The number of nitrogens with one attached hydrogen (secondary N) is 1. The standard InChI is InChI=1S/C22H27ClN2OS/c1-2-21(27-20-11-9-19(23)10-12-20)22(26)24-15-17-7-3-4-8-18(17)16-25-13-5-6-14-25/h3-4,7-12,21H,2,5-6,13-16H2,1H3,(H,24,26). The first kappa shape index (κ1) is 20.2. The smallest absolute Gasteiger partial charge is 0.233 e. The third-order valence-electron chi connectivity index (χ3n) is 4.92. The minimum Gasteiger partial charge on any atom is -0.351 e. The van der Waals surface area contributed by atoms with Crippen molar-refractivity contribution < 1.29 is 4.79 Å². The Balaban J connectivity index is 1.58. The van der Waals surface area contributed by atoms with Gasteiger partial charge in [0.1, 0.15) is 0 Å². The third kappa shape index (κ3) is 6.00. The summed E-state index contributed by atoms with van der Waals surface area (Å²) in [5, 5.41) is 3.76. The molecule has 2 aromatic carbocycles. The number of halogens is 1. The number of carbonyl (C=O) groups excluding carboxylic acids is 1. The van der Waals surface area contributed by atoms with Gasteiger partial charge >= 0.3 is 0 Å². The minimum atomic E-state index is -0.100. The number of benzene rings is 2. The average Bonchev–Trinajstić information content (AvgIpc) is 3.19. The van der Waals surface area contributed by atoms with E-state index in [-0.39, 0.29) is 11.2 Å². The Hall–Kier alpha value is -1.49. The van der Waals surface area contributed by atoms with Crippen molar-refractivity contribution in [2.24, 2.45) is 0 Å². The largest absolute Gasteiger partial charge is 0.351 e. The van der Waals surface area contributed by atoms with Crippen LogP contribution in [0.4, 0.5) is 0 Å². The maximum absolute atomic E-state index is 12.7. The molecule has 1 amide bonds. The van der Waals surface area contributed by atoms with Crippen LogP contribution in [-0.4, -0.2) is 29.1 Å². The van der Waals surface area contributed by atoms with Gasteiger partial charge in [0.25, 0.3) is 0 Å². The monoisotopic (exact) mass is 402 g/mol. The number of nitrogens with zero attached hydrogens (tertiary/aromatic N) is 1. The Labute approximate surface area is 171 Å². The maximum atomic E-state index is 12.7. The van der Waals surface area contributed by atoms with E-state index in [0.717, 1.165) is 17.9 Å². The lowest BCUT2D eigenvalue weighted by Gasteiger charge is -2.19. The Kier molecular flexibility index (Phi) is 7.62. The molecular weight excluding hydrogens is 376 g/mol. The van der Waals surface area contributed by atoms with Crippen LogP contribution in [0, 0.1) is 0 Å². The molecule has 1 heterocycles. The molecule has 0 spiro atoms. The van der Waals surface area contributed by atoms with Gasteiger partial charge < -0.3 is 5.32 Å². The van der Waals surface area contributed by atoms with Crippen LogP contribution in [-0.2, 0) is 17.9 Å². The van der Waals surface area contributed by atoms with Crippen LogP contribution in [0.1, 0.15) is 37.3 Å². The first-order chi connectivity index (χ1) is 13.2. The Morgan fingerprint density at radius 2 is 1.78 bits per heavy atom. The van der Waals surface area contributed by atoms with Crippen molar-refractivity contribution in [1.82, 2.24) is 10.2 Å². The van der Waals surface area contributed by atoms with Crippen LogP contribution in [0.2, 0.25) is 5.02 Å². The van der Waals surface area contributed by atoms with E-state index in [4.69, 9.17) is 11.6 Å². The molecule has 1 fully saturated rings. The maximum Gasteiger partial charge on any atom is 0.233 e. The molecule has 1 aliphatic rings. The molecule has 3 nitrogen and oxygen atoms in total. The highest BCUT2D eigenvalue weighted by Crippen LogP contribution is 2.27. The van der Waals surface area contributed by atoms with Crippen molar-refractivity contribution in [1.29, 1.82) is 0 Å². The molecular formula is C22H27ClN2OS. The summed E-state index contributed by atoms with van der Waals surface area (Å²) >= 11 is 7.54. The first-order valence-corrected chi connectivity index (χ1v) is 10.9. The van der Waals surface area contributed by atoms with E-state index in [0.29, 0.717) is 11.6 Å². The van der Waals surface area contributed by atoms with Gasteiger partial charge in [-0.05, 0) is 67.7 Å². The molecule has 1 unspecified atom stereocenters. The fourth-order valence-electron chi connectivity index (χ4n) is 3.36. The fourth-order valence-corrected chi connectivity index (χ4v) is 4.47. The van der Waals surface area contributed by atoms with Crippen LogP contribution in [0.15, 0.2) is 53.4 Å². The summed E-state index contributed by atoms with van der Waals surface area (Å²) in [6.07, 6.45) is 3.37. The molecule has 0 saturated carbocycles. The summed E-state index contributed by atoms with van der Waals surface area (Å²) in [4.78, 5) is 16.3. The van der Waals surface area contributed by atoms with E-state index < -0.39 is 0 Å². The van der Waals surface area contributed by atoms with Crippen LogP contribution in [0.3, 0.4) is 0 Å². The van der Waals surface area contributed by atoms with Gasteiger partial charge in [0.2, 0.25) is 5.91 Å². The molecule has 3 rings (SSSR count). The van der Waals surface area contributed by atoms with Gasteiger partial charge in [-0.1, -0.05) is 42.8 Å². The second-order valence-corrected chi connectivity index (χ2v) is 8.65. The van der Waals surface area contributed by atoms with Crippen molar-refractivity contribution in [3.63, 3.8) is 0 Å². The predicted molar refractivity (Wildman–Crippen MR) is 114 cm³/mol. The highest BCUT2D eigenvalue weighted by Gasteiger charge is 2.18. The second kappa shape index (κ2) is 10.2. The molecule has 1 aliphatic heterocycles. The molecule has 0 radical (unpaired) electrons. The fraction of sp³-hybridized carbons (Fsp3) is 0.409. The predicted octanol–water partition coefficient (Wildman–Crippen LogP) is 5.12. The molecule has 0 aromatic heterocycles. The van der Waals surface area contributed by atoms with Gasteiger partial charge in [0.05, 0.1) is 5.25 Å². The first-order valence-electron chi connectivity index (χ1n) is 9.65. The summed E-state index contributed by atoms with van der Waals surface area (Å²) in [6, 6.07) is 16.1. The van der Waals surface area contributed by atoms with E-state index in [1.807, 2.05) is 24.3 Å². The number of thioether (sulfide) groups is 1. The van der Waals surface area contributed by atoms with Crippen molar-refractivity contribution in [2.45, 2.75) is 49.4 Å². The Bertz CT molecular complexity index is 744. The van der Waals surface area contributed by atoms with Crippen LogP contribution in [0.25, 0.3) is 0 Å². The van der Waals surface area contributed by atoms with Crippen molar-refractivity contribution in [3.8, 4) is 0 Å². The van der Waals surface area contributed by atoms with E-state index in [2.05, 4.69) is 41.4 Å². The zero-order chi connectivity index (χ0) is 19.1. The third-order valence-corrected chi connectivity index (χ3v) is 6.55. The normalized spacial score (nSPS) is 15.6. The van der Waals surface area contributed by atoms with Gasteiger partial charge in [-0.3, -0.25) is 9.69 Å². The molecule has 1 saturated heterocycles. The molecule has 1 atom stereocenters. The second-order valence-electron chi connectivity index (χ2n) is 6.94. The highest BCUT2D eigenvalue weighted by molar-refractivity contribution is 8.00. The molecule has 0 bridgehead atoms. The summed E-state index contributed by atoms with van der Waals surface area (Å²) < 4.78 is 0. The van der Waals surface area contributed by atoms with Gasteiger partial charge in [0, 0.05) is 23.0 Å². The number of amides is 1. The van der Waals surface area contributed by atoms with Gasteiger partial charge in [-0.15, -0.1) is 11.8 Å². The molecule has 144 valence electrons. The number of rotatable bonds is 8. The van der Waals surface area contributed by atoms with Gasteiger partial charge in [-0.2, -0.15) is 0 Å².